The van der Waals surface area contributed by atoms with Crippen LogP contribution in [0, 0.1) is 0 Å². The van der Waals surface area contributed by atoms with E-state index in [2.05, 4.69) is 20.6 Å². The van der Waals surface area contributed by atoms with Crippen LogP contribution in [0.25, 0.3) is 0 Å². The number of aromatic nitrogens is 2. The molecule has 1 saturated heterocycles. The smallest absolute Gasteiger partial charge is 0.346 e. The monoisotopic (exact) mass is 511 g/mol. The van der Waals surface area contributed by atoms with Crippen LogP contribution < -0.4 is 15.5 Å². The van der Waals surface area contributed by atoms with E-state index in [0.717, 1.165) is 11.3 Å². The summed E-state index contributed by atoms with van der Waals surface area (Å²) in [7, 11) is 0. The Hall–Kier alpha value is -2.63. The molecule has 3 heterocycles. The van der Waals surface area contributed by atoms with Crippen LogP contribution in [0.15, 0.2) is 6.07 Å². The van der Waals surface area contributed by atoms with Gasteiger partial charge in [-0.3, -0.25) is 9.59 Å². The molecule has 0 saturated carbocycles. The first kappa shape index (κ1) is 26.0. The maximum absolute atomic E-state index is 12.7. The first-order chi connectivity index (χ1) is 16.1. The van der Waals surface area contributed by atoms with Gasteiger partial charge in [-0.2, -0.15) is 0 Å². The lowest BCUT2D eigenvalue weighted by atomic mass is 10.0. The number of aromatic carboxylic acids is 1. The van der Waals surface area contributed by atoms with Crippen molar-refractivity contribution in [3.63, 3.8) is 0 Å². The summed E-state index contributed by atoms with van der Waals surface area (Å²) in [6.07, 6.45) is 0.872. The van der Waals surface area contributed by atoms with Crippen molar-refractivity contribution in [2.45, 2.75) is 58.7 Å². The number of halogens is 1. The molecule has 1 fully saturated rings. The average molecular weight is 512 g/mol. The molecule has 2 aromatic heterocycles. The Labute approximate surface area is 207 Å². The van der Waals surface area contributed by atoms with E-state index in [1.807, 2.05) is 32.6 Å². The summed E-state index contributed by atoms with van der Waals surface area (Å²) in [6, 6.07) is 1.24. The lowest BCUT2D eigenvalue weighted by Gasteiger charge is -2.39. The number of anilines is 1. The molecular weight excluding hydrogens is 482 g/mol. The molecule has 10 nitrogen and oxygen atoms in total. The van der Waals surface area contributed by atoms with Crippen LogP contribution >= 0.6 is 22.9 Å². The van der Waals surface area contributed by atoms with Gasteiger partial charge in [0.2, 0.25) is 0 Å². The summed E-state index contributed by atoms with van der Waals surface area (Å²) in [6.45, 7) is 8.86. The molecule has 0 aromatic carbocycles. The molecule has 0 radical (unpaired) electrons. The number of ether oxygens (including phenoxy) is 1. The number of amides is 2. The number of thiophene rings is 1. The molecule has 186 valence electrons. The fourth-order valence-corrected chi connectivity index (χ4v) is 5.13. The number of carbonyl (C=O) groups excluding carboxylic acids is 2. The second kappa shape index (κ2) is 11.2. The summed E-state index contributed by atoms with van der Waals surface area (Å²) in [5, 5.41) is 16.3. The fraction of sp³-hybridized carbons (Fsp3) is 0.545. The lowest BCUT2D eigenvalue weighted by Crippen LogP contribution is -2.55. The number of piperidine rings is 1. The SMILES string of the molecule is CCO[C@H]1CN(c2cc(C(=O)NC(C)C)c(C(=O)O)s2)CC[C@H]1NC(=O)c1nc(Cl)c(CC)[nH]1. The summed E-state index contributed by atoms with van der Waals surface area (Å²) < 4.78 is 5.91. The van der Waals surface area contributed by atoms with Crippen molar-refractivity contribution in [2.75, 3.05) is 24.6 Å². The molecule has 2 atom stereocenters. The molecule has 3 rings (SSSR count). The number of hydrogen-bond donors (Lipinski definition) is 4. The van der Waals surface area contributed by atoms with Gasteiger partial charge in [-0.05, 0) is 39.7 Å². The molecule has 34 heavy (non-hydrogen) atoms. The van der Waals surface area contributed by atoms with Crippen molar-refractivity contribution in [2.24, 2.45) is 0 Å². The van der Waals surface area contributed by atoms with Crippen LogP contribution in [0.1, 0.15) is 70.5 Å². The highest BCUT2D eigenvalue weighted by Gasteiger charge is 2.34. The molecule has 0 spiro atoms. The number of aromatic amines is 1. The average Bonchev–Trinajstić information content (AvgIpc) is 3.39. The van der Waals surface area contributed by atoms with E-state index < -0.39 is 11.9 Å². The normalized spacial score (nSPS) is 18.2. The number of carboxylic acids is 1. The number of rotatable bonds is 9. The Morgan fingerprint density at radius 2 is 2.09 bits per heavy atom. The predicted molar refractivity (Wildman–Crippen MR) is 130 cm³/mol. The molecular formula is C22H30ClN5O5S. The maximum atomic E-state index is 12.7. The van der Waals surface area contributed by atoms with Gasteiger partial charge in [0.25, 0.3) is 11.8 Å². The van der Waals surface area contributed by atoms with Gasteiger partial charge in [-0.25, -0.2) is 9.78 Å². The van der Waals surface area contributed by atoms with E-state index in [-0.39, 0.29) is 45.5 Å². The zero-order valence-corrected chi connectivity index (χ0v) is 21.2. The third kappa shape index (κ3) is 5.89. The Balaban J connectivity index is 1.75. The Kier molecular flexibility index (Phi) is 8.56. The molecule has 1 aliphatic heterocycles. The van der Waals surface area contributed by atoms with E-state index in [9.17, 15) is 19.5 Å². The topological polar surface area (TPSA) is 137 Å². The Morgan fingerprint density at radius 1 is 1.35 bits per heavy atom. The van der Waals surface area contributed by atoms with Gasteiger partial charge in [0.1, 0.15) is 4.88 Å². The molecule has 0 aliphatic carbocycles. The highest BCUT2D eigenvalue weighted by Crippen LogP contribution is 2.33. The van der Waals surface area contributed by atoms with Crippen LogP contribution in [-0.4, -0.2) is 70.7 Å². The molecule has 2 amide bonds. The van der Waals surface area contributed by atoms with Crippen LogP contribution in [0.2, 0.25) is 5.15 Å². The van der Waals surface area contributed by atoms with E-state index in [0.29, 0.717) is 43.2 Å². The number of nitrogens with zero attached hydrogens (tertiary/aromatic N) is 2. The standard InChI is InChI=1S/C22H30ClN5O5S/c1-5-13-18(23)27-19(25-13)21(30)26-14-7-8-28(10-15(14)33-6-2)16-9-12(17(34-16)22(31)32)20(29)24-11(3)4/h9,11,14-15H,5-8,10H2,1-4H3,(H,24,29)(H,25,27)(H,26,30)(H,31,32)/t14-,15+/m1/s1. The third-order valence-corrected chi connectivity index (χ3v) is 6.94. The van der Waals surface area contributed by atoms with Crippen molar-refractivity contribution in [1.82, 2.24) is 20.6 Å². The van der Waals surface area contributed by atoms with Crippen molar-refractivity contribution in [3.05, 3.63) is 33.2 Å². The number of hydrogen-bond acceptors (Lipinski definition) is 7. The molecule has 0 bridgehead atoms. The largest absolute Gasteiger partial charge is 0.477 e. The minimum atomic E-state index is -1.14. The Morgan fingerprint density at radius 3 is 2.68 bits per heavy atom. The highest BCUT2D eigenvalue weighted by atomic mass is 35.5. The van der Waals surface area contributed by atoms with E-state index in [4.69, 9.17) is 16.3 Å². The second-order valence-corrected chi connectivity index (χ2v) is 9.67. The van der Waals surface area contributed by atoms with Crippen molar-refractivity contribution < 1.29 is 24.2 Å². The molecule has 0 unspecified atom stereocenters. The van der Waals surface area contributed by atoms with Crippen molar-refractivity contribution in [3.8, 4) is 0 Å². The van der Waals surface area contributed by atoms with Gasteiger partial charge >= 0.3 is 5.97 Å². The summed E-state index contributed by atoms with van der Waals surface area (Å²) in [4.78, 5) is 46.1. The maximum Gasteiger partial charge on any atom is 0.346 e. The number of carboxylic acid groups (broad SMARTS) is 1. The summed E-state index contributed by atoms with van der Waals surface area (Å²) >= 11 is 7.12. The summed E-state index contributed by atoms with van der Waals surface area (Å²) in [5.74, 6) is -1.76. The zero-order valence-electron chi connectivity index (χ0n) is 19.6. The van der Waals surface area contributed by atoms with Crippen LogP contribution in [-0.2, 0) is 11.2 Å². The van der Waals surface area contributed by atoms with Crippen molar-refractivity contribution >= 4 is 45.7 Å². The minimum Gasteiger partial charge on any atom is -0.477 e. The third-order valence-electron chi connectivity index (χ3n) is 5.44. The number of nitrogens with one attached hydrogen (secondary N) is 3. The van der Waals surface area contributed by atoms with Gasteiger partial charge in [0.05, 0.1) is 28.4 Å². The molecule has 1 aliphatic rings. The quantitative estimate of drug-likeness (QED) is 0.406. The lowest BCUT2D eigenvalue weighted by molar-refractivity contribution is 0.0273. The first-order valence-corrected chi connectivity index (χ1v) is 12.4. The van der Waals surface area contributed by atoms with Gasteiger partial charge in [-0.15, -0.1) is 11.3 Å². The molecule has 12 heteroatoms. The zero-order chi connectivity index (χ0) is 25.0. The Bertz CT molecular complexity index is 1050. The number of imidazole rings is 1. The molecule has 4 N–H and O–H groups in total. The van der Waals surface area contributed by atoms with Gasteiger partial charge in [0.15, 0.2) is 11.0 Å². The predicted octanol–water partition coefficient (Wildman–Crippen LogP) is 2.94. The summed E-state index contributed by atoms with van der Waals surface area (Å²) in [5.41, 5.74) is 0.846. The van der Waals surface area contributed by atoms with Gasteiger partial charge in [0, 0.05) is 25.7 Å². The minimum absolute atomic E-state index is 0.00189. The van der Waals surface area contributed by atoms with Crippen LogP contribution in [0.5, 0.6) is 0 Å². The van der Waals surface area contributed by atoms with E-state index in [1.165, 1.54) is 0 Å². The highest BCUT2D eigenvalue weighted by molar-refractivity contribution is 7.18. The van der Waals surface area contributed by atoms with Gasteiger partial charge in [-0.1, -0.05) is 18.5 Å². The van der Waals surface area contributed by atoms with Crippen LogP contribution in [0.3, 0.4) is 0 Å². The molecule has 2 aromatic rings. The number of carbonyl (C=O) groups is 3. The van der Waals surface area contributed by atoms with Crippen LogP contribution in [0.4, 0.5) is 5.00 Å². The van der Waals surface area contributed by atoms with E-state index in [1.54, 1.807) is 6.07 Å². The first-order valence-electron chi connectivity index (χ1n) is 11.2. The van der Waals surface area contributed by atoms with E-state index >= 15 is 0 Å². The fourth-order valence-electron chi connectivity index (χ4n) is 3.83. The second-order valence-electron chi connectivity index (χ2n) is 8.28. The number of aryl methyl sites for hydroxylation is 1. The number of H-pyrrole nitrogens is 1. The van der Waals surface area contributed by atoms with Gasteiger partial charge < -0.3 is 30.4 Å². The van der Waals surface area contributed by atoms with Crippen molar-refractivity contribution in [1.29, 1.82) is 0 Å².